The summed E-state index contributed by atoms with van der Waals surface area (Å²) in [5.41, 5.74) is 2.43. The second-order valence-corrected chi connectivity index (χ2v) is 3.65. The molecule has 0 aliphatic carbocycles. The zero-order valence-electron chi connectivity index (χ0n) is 8.33. The molecule has 2 rings (SSSR count). The van der Waals surface area contributed by atoms with Gasteiger partial charge in [0.1, 0.15) is 5.82 Å². The van der Waals surface area contributed by atoms with Crippen LogP contribution < -0.4 is 0 Å². The van der Waals surface area contributed by atoms with Crippen molar-refractivity contribution in [2.45, 2.75) is 32.2 Å². The fraction of sp³-hybridized carbons (Fsp3) is 0.417. The molecule has 0 saturated heterocycles. The van der Waals surface area contributed by atoms with E-state index in [0.717, 1.165) is 24.8 Å². The van der Waals surface area contributed by atoms with Gasteiger partial charge in [-0.3, -0.25) is 4.99 Å². The molecule has 0 aromatic heterocycles. The maximum atomic E-state index is 12.7. The quantitative estimate of drug-likeness (QED) is 0.678. The minimum Gasteiger partial charge on any atom is -0.286 e. The van der Waals surface area contributed by atoms with Crippen molar-refractivity contribution in [3.63, 3.8) is 0 Å². The summed E-state index contributed by atoms with van der Waals surface area (Å²) in [4.78, 5) is 4.60. The topological polar surface area (TPSA) is 12.4 Å². The lowest BCUT2D eigenvalue weighted by Gasteiger charge is -2.05. The summed E-state index contributed by atoms with van der Waals surface area (Å²) < 4.78 is 12.7. The van der Waals surface area contributed by atoms with E-state index >= 15 is 0 Å². The van der Waals surface area contributed by atoms with Crippen LogP contribution in [0.15, 0.2) is 29.3 Å². The van der Waals surface area contributed by atoms with Crippen molar-refractivity contribution in [3.8, 4) is 0 Å². The molecule has 2 heteroatoms. The highest BCUT2D eigenvalue weighted by Gasteiger charge is 2.17. The van der Waals surface area contributed by atoms with Crippen LogP contribution in [-0.2, 0) is 0 Å². The Hall–Kier alpha value is -1.18. The lowest BCUT2D eigenvalue weighted by atomic mass is 10.0. The van der Waals surface area contributed by atoms with Gasteiger partial charge < -0.3 is 0 Å². The molecular formula is C12H14FN. The molecule has 0 spiro atoms. The molecule has 1 atom stereocenters. The Morgan fingerprint density at radius 2 is 2.07 bits per heavy atom. The van der Waals surface area contributed by atoms with Gasteiger partial charge in [0.15, 0.2) is 0 Å². The first-order valence-corrected chi connectivity index (χ1v) is 5.10. The predicted molar refractivity (Wildman–Crippen MR) is 56.1 cm³/mol. The van der Waals surface area contributed by atoms with Gasteiger partial charge in [0, 0.05) is 5.71 Å². The van der Waals surface area contributed by atoms with Crippen molar-refractivity contribution < 1.29 is 4.39 Å². The largest absolute Gasteiger partial charge is 0.286 e. The van der Waals surface area contributed by atoms with Crippen molar-refractivity contribution >= 4 is 5.71 Å². The van der Waals surface area contributed by atoms with Crippen LogP contribution in [0.3, 0.4) is 0 Å². The second-order valence-electron chi connectivity index (χ2n) is 3.65. The molecular weight excluding hydrogens is 177 g/mol. The summed E-state index contributed by atoms with van der Waals surface area (Å²) in [5, 5.41) is 0. The number of rotatable bonds is 2. The maximum absolute atomic E-state index is 12.7. The van der Waals surface area contributed by atoms with E-state index in [2.05, 4.69) is 11.9 Å². The van der Waals surface area contributed by atoms with Gasteiger partial charge >= 0.3 is 0 Å². The molecule has 0 bridgehead atoms. The lowest BCUT2D eigenvalue weighted by molar-refractivity contribution is 0.624. The smallest absolute Gasteiger partial charge is 0.123 e. The second kappa shape index (κ2) is 3.91. The Morgan fingerprint density at radius 3 is 2.64 bits per heavy atom. The van der Waals surface area contributed by atoms with Gasteiger partial charge in [-0.05, 0) is 37.0 Å². The monoisotopic (exact) mass is 191 g/mol. The van der Waals surface area contributed by atoms with Crippen LogP contribution in [-0.4, -0.2) is 5.71 Å². The van der Waals surface area contributed by atoms with Gasteiger partial charge in [-0.1, -0.05) is 19.1 Å². The summed E-state index contributed by atoms with van der Waals surface area (Å²) in [6, 6.07) is 6.96. The highest BCUT2D eigenvalue weighted by molar-refractivity contribution is 5.86. The zero-order chi connectivity index (χ0) is 9.97. The average molecular weight is 191 g/mol. The number of halogens is 1. The molecule has 0 saturated carbocycles. The number of aliphatic imine (C=N–C) groups is 1. The highest BCUT2D eigenvalue weighted by Crippen LogP contribution is 2.29. The van der Waals surface area contributed by atoms with Gasteiger partial charge in [-0.25, -0.2) is 4.39 Å². The molecule has 1 heterocycles. The Kier molecular flexibility index (Phi) is 2.62. The van der Waals surface area contributed by atoms with Crippen LogP contribution >= 0.6 is 0 Å². The summed E-state index contributed by atoms with van der Waals surface area (Å²) in [7, 11) is 0. The van der Waals surface area contributed by atoms with Crippen molar-refractivity contribution in [2.75, 3.05) is 0 Å². The Bertz CT molecular complexity index is 340. The van der Waals surface area contributed by atoms with Crippen molar-refractivity contribution in [3.05, 3.63) is 35.6 Å². The van der Waals surface area contributed by atoms with Crippen LogP contribution in [0.1, 0.15) is 37.8 Å². The average Bonchev–Trinajstić information content (AvgIpc) is 2.67. The van der Waals surface area contributed by atoms with Gasteiger partial charge in [-0.2, -0.15) is 0 Å². The molecule has 14 heavy (non-hydrogen) atoms. The van der Waals surface area contributed by atoms with Crippen molar-refractivity contribution in [1.82, 2.24) is 0 Å². The molecule has 1 aromatic rings. The molecule has 1 aliphatic rings. The standard InChI is InChI=1S/C12H14FN/c1-2-11-7-8-12(14-11)9-3-5-10(13)6-4-9/h3-6,12H,2,7-8H2,1H3. The minimum atomic E-state index is -0.175. The first-order valence-electron chi connectivity index (χ1n) is 5.10. The molecule has 74 valence electrons. The van der Waals surface area contributed by atoms with Gasteiger partial charge in [0.05, 0.1) is 6.04 Å². The molecule has 0 N–H and O–H groups in total. The summed E-state index contributed by atoms with van der Waals surface area (Å²) >= 11 is 0. The minimum absolute atomic E-state index is 0.175. The molecule has 0 radical (unpaired) electrons. The fourth-order valence-corrected chi connectivity index (χ4v) is 1.85. The number of benzene rings is 1. The third kappa shape index (κ3) is 1.84. The first-order chi connectivity index (χ1) is 6.79. The van der Waals surface area contributed by atoms with Crippen LogP contribution in [0.2, 0.25) is 0 Å². The molecule has 1 nitrogen and oxygen atoms in total. The highest BCUT2D eigenvalue weighted by atomic mass is 19.1. The fourth-order valence-electron chi connectivity index (χ4n) is 1.85. The van der Waals surface area contributed by atoms with E-state index in [1.807, 2.05) is 12.1 Å². The van der Waals surface area contributed by atoms with E-state index in [-0.39, 0.29) is 11.9 Å². The van der Waals surface area contributed by atoms with Gasteiger partial charge in [-0.15, -0.1) is 0 Å². The van der Waals surface area contributed by atoms with E-state index < -0.39 is 0 Å². The summed E-state index contributed by atoms with van der Waals surface area (Å²) in [5.74, 6) is -0.175. The third-order valence-electron chi connectivity index (χ3n) is 2.71. The lowest BCUT2D eigenvalue weighted by Crippen LogP contribution is -1.90. The zero-order valence-corrected chi connectivity index (χ0v) is 8.33. The van der Waals surface area contributed by atoms with Crippen LogP contribution in [0, 0.1) is 5.82 Å². The van der Waals surface area contributed by atoms with E-state index in [1.54, 1.807) is 0 Å². The number of hydrogen-bond donors (Lipinski definition) is 0. The Balaban J connectivity index is 2.17. The van der Waals surface area contributed by atoms with Crippen LogP contribution in [0.25, 0.3) is 0 Å². The molecule has 0 fully saturated rings. The maximum Gasteiger partial charge on any atom is 0.123 e. The SMILES string of the molecule is CCC1=NC(c2ccc(F)cc2)CC1. The number of hydrogen-bond acceptors (Lipinski definition) is 1. The van der Waals surface area contributed by atoms with Gasteiger partial charge in [0.2, 0.25) is 0 Å². The first kappa shape index (κ1) is 9.38. The van der Waals surface area contributed by atoms with E-state index in [4.69, 9.17) is 0 Å². The van der Waals surface area contributed by atoms with Crippen molar-refractivity contribution in [2.24, 2.45) is 4.99 Å². The molecule has 1 aliphatic heterocycles. The van der Waals surface area contributed by atoms with Gasteiger partial charge in [0.25, 0.3) is 0 Å². The molecule has 1 aromatic carbocycles. The Labute approximate surface area is 83.7 Å². The summed E-state index contributed by atoms with van der Waals surface area (Å²) in [6.45, 7) is 2.13. The van der Waals surface area contributed by atoms with E-state index in [0.29, 0.717) is 0 Å². The van der Waals surface area contributed by atoms with Crippen LogP contribution in [0.4, 0.5) is 4.39 Å². The van der Waals surface area contributed by atoms with Crippen molar-refractivity contribution in [1.29, 1.82) is 0 Å². The van der Waals surface area contributed by atoms with E-state index in [1.165, 1.54) is 17.8 Å². The van der Waals surface area contributed by atoms with Crippen LogP contribution in [0.5, 0.6) is 0 Å². The molecule has 0 amide bonds. The third-order valence-corrected chi connectivity index (χ3v) is 2.71. The summed E-state index contributed by atoms with van der Waals surface area (Å²) in [6.07, 6.45) is 3.21. The normalized spacial score (nSPS) is 21.0. The predicted octanol–water partition coefficient (Wildman–Crippen LogP) is 3.51. The number of nitrogens with zero attached hydrogens (tertiary/aromatic N) is 1. The molecule has 1 unspecified atom stereocenters. The Morgan fingerprint density at radius 1 is 1.36 bits per heavy atom. The van der Waals surface area contributed by atoms with E-state index in [9.17, 15) is 4.39 Å².